The average molecular weight is 141 g/mol. The Balaban J connectivity index is 2.34. The predicted octanol–water partition coefficient (Wildman–Crippen LogP) is 2.56. The van der Waals surface area contributed by atoms with E-state index in [1.165, 1.54) is 32.1 Å². The van der Waals surface area contributed by atoms with Crippen LogP contribution in [0.15, 0.2) is 0 Å². The Morgan fingerprint density at radius 1 is 1.50 bits per heavy atom. The van der Waals surface area contributed by atoms with Crippen LogP contribution in [0.25, 0.3) is 0 Å². The fourth-order valence-electron chi connectivity index (χ4n) is 1.74. The first-order valence-corrected chi connectivity index (χ1v) is 4.26. The molecule has 0 saturated heterocycles. The zero-order valence-corrected chi connectivity index (χ0v) is 7.02. The molecule has 1 aliphatic rings. The largest absolute Gasteiger partial charge is 0.381 e. The van der Waals surface area contributed by atoms with E-state index in [1.807, 2.05) is 7.11 Å². The standard InChI is InChI=1S/C9H17O/c1-3-8-6-4-5-7-9(8)10-2/h9H,3-7H2,1-2H3. The third-order valence-corrected chi connectivity index (χ3v) is 2.41. The molecule has 59 valence electrons. The molecule has 1 heteroatoms. The summed E-state index contributed by atoms with van der Waals surface area (Å²) in [5.41, 5.74) is 0. The lowest BCUT2D eigenvalue weighted by Crippen LogP contribution is -2.23. The fourth-order valence-corrected chi connectivity index (χ4v) is 1.74. The molecule has 0 aromatic heterocycles. The molecule has 10 heavy (non-hydrogen) atoms. The van der Waals surface area contributed by atoms with Crippen molar-refractivity contribution in [1.29, 1.82) is 0 Å². The Labute approximate surface area is 63.8 Å². The van der Waals surface area contributed by atoms with Gasteiger partial charge in [0.1, 0.15) is 0 Å². The minimum Gasteiger partial charge on any atom is -0.381 e. The smallest absolute Gasteiger partial charge is 0.0633 e. The Morgan fingerprint density at radius 2 is 2.30 bits per heavy atom. The molecule has 1 radical (unpaired) electrons. The lowest BCUT2D eigenvalue weighted by atomic mass is 9.85. The lowest BCUT2D eigenvalue weighted by molar-refractivity contribution is 0.0849. The van der Waals surface area contributed by atoms with Gasteiger partial charge in [-0.05, 0) is 19.3 Å². The van der Waals surface area contributed by atoms with Gasteiger partial charge < -0.3 is 4.74 Å². The second-order valence-electron chi connectivity index (χ2n) is 2.98. The van der Waals surface area contributed by atoms with Crippen LogP contribution in [-0.4, -0.2) is 13.2 Å². The molecule has 1 aliphatic carbocycles. The van der Waals surface area contributed by atoms with Crippen molar-refractivity contribution in [3.63, 3.8) is 0 Å². The maximum atomic E-state index is 5.36. The van der Waals surface area contributed by atoms with Crippen LogP contribution in [0.5, 0.6) is 0 Å². The van der Waals surface area contributed by atoms with E-state index in [2.05, 4.69) is 6.92 Å². The highest BCUT2D eigenvalue weighted by molar-refractivity contribution is 4.99. The minimum atomic E-state index is 0.485. The fraction of sp³-hybridized carbons (Fsp3) is 0.889. The summed E-state index contributed by atoms with van der Waals surface area (Å²) in [7, 11) is 1.83. The van der Waals surface area contributed by atoms with Gasteiger partial charge in [-0.2, -0.15) is 0 Å². The van der Waals surface area contributed by atoms with E-state index in [0.29, 0.717) is 6.10 Å². The van der Waals surface area contributed by atoms with Crippen LogP contribution >= 0.6 is 0 Å². The second-order valence-corrected chi connectivity index (χ2v) is 2.98. The van der Waals surface area contributed by atoms with Crippen LogP contribution < -0.4 is 0 Å². The van der Waals surface area contributed by atoms with E-state index in [-0.39, 0.29) is 0 Å². The van der Waals surface area contributed by atoms with E-state index < -0.39 is 0 Å². The number of hydrogen-bond donors (Lipinski definition) is 0. The maximum Gasteiger partial charge on any atom is 0.0633 e. The van der Waals surface area contributed by atoms with Crippen molar-refractivity contribution >= 4 is 0 Å². The molecule has 1 saturated carbocycles. The number of hydrogen-bond acceptors (Lipinski definition) is 1. The van der Waals surface area contributed by atoms with E-state index in [9.17, 15) is 0 Å². The van der Waals surface area contributed by atoms with E-state index in [0.717, 1.165) is 0 Å². The van der Waals surface area contributed by atoms with Crippen molar-refractivity contribution in [2.75, 3.05) is 7.11 Å². The Bertz CT molecular complexity index is 78.7. The highest BCUT2D eigenvalue weighted by Crippen LogP contribution is 2.30. The van der Waals surface area contributed by atoms with Gasteiger partial charge in [-0.1, -0.05) is 19.8 Å². The summed E-state index contributed by atoms with van der Waals surface area (Å²) in [6.45, 7) is 2.23. The molecule has 1 rings (SSSR count). The third kappa shape index (κ3) is 1.72. The van der Waals surface area contributed by atoms with Gasteiger partial charge in [-0.15, -0.1) is 0 Å². The molecule has 0 aromatic rings. The third-order valence-electron chi connectivity index (χ3n) is 2.41. The first-order chi connectivity index (χ1) is 4.88. The summed E-state index contributed by atoms with van der Waals surface area (Å²) in [6, 6.07) is 0. The molecule has 0 bridgehead atoms. The van der Waals surface area contributed by atoms with Gasteiger partial charge >= 0.3 is 0 Å². The number of rotatable bonds is 2. The van der Waals surface area contributed by atoms with Gasteiger partial charge in [0.15, 0.2) is 0 Å². The van der Waals surface area contributed by atoms with Gasteiger partial charge in [0.2, 0.25) is 0 Å². The second kappa shape index (κ2) is 3.97. The van der Waals surface area contributed by atoms with Crippen molar-refractivity contribution in [3.8, 4) is 0 Å². The molecule has 1 fully saturated rings. The highest BCUT2D eigenvalue weighted by Gasteiger charge is 2.23. The summed E-state index contributed by atoms with van der Waals surface area (Å²) < 4.78 is 5.36. The van der Waals surface area contributed by atoms with Crippen LogP contribution in [0.3, 0.4) is 0 Å². The summed E-state index contributed by atoms with van der Waals surface area (Å²) in [4.78, 5) is 0. The molecule has 0 N–H and O–H groups in total. The van der Waals surface area contributed by atoms with Gasteiger partial charge in [0.05, 0.1) is 6.10 Å². The lowest BCUT2D eigenvalue weighted by Gasteiger charge is -2.28. The minimum absolute atomic E-state index is 0.485. The Hall–Kier alpha value is -0.0400. The first-order valence-electron chi connectivity index (χ1n) is 4.26. The molecule has 0 spiro atoms. The molecular formula is C9H17O. The molecule has 0 aliphatic heterocycles. The summed E-state index contributed by atoms with van der Waals surface area (Å²) in [6.07, 6.45) is 6.97. The van der Waals surface area contributed by atoms with Gasteiger partial charge in [-0.25, -0.2) is 0 Å². The molecule has 0 heterocycles. The van der Waals surface area contributed by atoms with E-state index in [1.54, 1.807) is 5.92 Å². The number of methoxy groups -OCH3 is 1. The normalized spacial score (nSPS) is 28.8. The van der Waals surface area contributed by atoms with Crippen LogP contribution in [0, 0.1) is 5.92 Å². The molecule has 1 unspecified atom stereocenters. The first kappa shape index (κ1) is 8.06. The maximum absolute atomic E-state index is 5.36. The van der Waals surface area contributed by atoms with Crippen LogP contribution in [-0.2, 0) is 4.74 Å². The van der Waals surface area contributed by atoms with E-state index in [4.69, 9.17) is 4.74 Å². The molecular weight excluding hydrogens is 124 g/mol. The monoisotopic (exact) mass is 141 g/mol. The molecule has 1 atom stereocenters. The van der Waals surface area contributed by atoms with Crippen molar-refractivity contribution < 1.29 is 4.74 Å². The Morgan fingerprint density at radius 3 is 2.80 bits per heavy atom. The van der Waals surface area contributed by atoms with Crippen LogP contribution in [0.2, 0.25) is 0 Å². The summed E-state index contributed by atoms with van der Waals surface area (Å²) in [5, 5.41) is 0. The van der Waals surface area contributed by atoms with Crippen LogP contribution in [0.1, 0.15) is 39.0 Å². The topological polar surface area (TPSA) is 9.23 Å². The molecule has 0 amide bonds. The summed E-state index contributed by atoms with van der Waals surface area (Å²) in [5.74, 6) is 1.62. The van der Waals surface area contributed by atoms with Crippen molar-refractivity contribution in [2.45, 2.75) is 45.1 Å². The zero-order valence-electron chi connectivity index (χ0n) is 7.02. The van der Waals surface area contributed by atoms with E-state index >= 15 is 0 Å². The summed E-state index contributed by atoms with van der Waals surface area (Å²) >= 11 is 0. The number of ether oxygens (including phenoxy) is 1. The average Bonchev–Trinajstić information content (AvgIpc) is 2.04. The van der Waals surface area contributed by atoms with Crippen molar-refractivity contribution in [2.24, 2.45) is 0 Å². The highest BCUT2D eigenvalue weighted by atomic mass is 16.5. The van der Waals surface area contributed by atoms with Gasteiger partial charge in [0, 0.05) is 13.0 Å². The SMILES string of the molecule is CC[C]1CCCCC1OC. The quantitative estimate of drug-likeness (QED) is 0.574. The zero-order chi connectivity index (χ0) is 7.40. The van der Waals surface area contributed by atoms with Gasteiger partial charge in [-0.3, -0.25) is 0 Å². The molecule has 1 nitrogen and oxygen atoms in total. The van der Waals surface area contributed by atoms with Crippen molar-refractivity contribution in [3.05, 3.63) is 5.92 Å². The predicted molar refractivity (Wildman–Crippen MR) is 42.8 cm³/mol. The van der Waals surface area contributed by atoms with Gasteiger partial charge in [0.25, 0.3) is 0 Å². The molecule has 0 aromatic carbocycles. The van der Waals surface area contributed by atoms with Crippen LogP contribution in [0.4, 0.5) is 0 Å². The Kier molecular flexibility index (Phi) is 3.20. The van der Waals surface area contributed by atoms with Crippen molar-refractivity contribution in [1.82, 2.24) is 0 Å².